The molecule has 0 unspecified atom stereocenters. The second-order valence-electron chi connectivity index (χ2n) is 6.78. The molecular weight excluding hydrogens is 316 g/mol. The number of piperidine rings is 1. The molecule has 0 aliphatic carbocycles. The van der Waals surface area contributed by atoms with Gasteiger partial charge in [0.05, 0.1) is 17.5 Å². The number of nitrogens with zero attached hydrogens (tertiary/aromatic N) is 3. The number of aromatic nitrogens is 2. The third-order valence-electron chi connectivity index (χ3n) is 4.85. The number of rotatable bonds is 5. The molecule has 0 spiro atoms. The molecule has 25 heavy (non-hydrogen) atoms. The highest BCUT2D eigenvalue weighted by molar-refractivity contribution is 5.88. The van der Waals surface area contributed by atoms with E-state index < -0.39 is 0 Å². The van der Waals surface area contributed by atoms with Crippen LogP contribution in [0.2, 0.25) is 0 Å². The van der Waals surface area contributed by atoms with Crippen LogP contribution < -0.4 is 10.9 Å². The summed E-state index contributed by atoms with van der Waals surface area (Å²) in [6.45, 7) is 5.41. The van der Waals surface area contributed by atoms with Crippen molar-refractivity contribution in [2.45, 2.75) is 38.6 Å². The molecule has 0 radical (unpaired) electrons. The SMILES string of the molecule is CCCN1CCC(NC(=O)Cc2nn(C)c(=O)c3ccccc23)CC1. The summed E-state index contributed by atoms with van der Waals surface area (Å²) in [6.07, 6.45) is 3.35. The Hall–Kier alpha value is -2.21. The lowest BCUT2D eigenvalue weighted by Crippen LogP contribution is -2.45. The van der Waals surface area contributed by atoms with Gasteiger partial charge in [-0.1, -0.05) is 25.1 Å². The zero-order valence-electron chi connectivity index (χ0n) is 15.0. The number of amides is 1. The van der Waals surface area contributed by atoms with Crippen LogP contribution in [-0.4, -0.2) is 46.3 Å². The second kappa shape index (κ2) is 7.78. The molecular formula is C19H26N4O2. The van der Waals surface area contributed by atoms with Crippen molar-refractivity contribution in [3.63, 3.8) is 0 Å². The maximum atomic E-state index is 12.5. The lowest BCUT2D eigenvalue weighted by atomic mass is 10.0. The van der Waals surface area contributed by atoms with Crippen LogP contribution in [0.15, 0.2) is 29.1 Å². The molecule has 6 heteroatoms. The predicted molar refractivity (Wildman–Crippen MR) is 98.6 cm³/mol. The van der Waals surface area contributed by atoms with Crippen molar-refractivity contribution in [2.24, 2.45) is 7.05 Å². The van der Waals surface area contributed by atoms with E-state index in [1.54, 1.807) is 13.1 Å². The Morgan fingerprint density at radius 3 is 2.60 bits per heavy atom. The standard InChI is InChI=1S/C19H26N4O2/c1-3-10-23-11-8-14(9-12-23)20-18(24)13-17-15-6-4-5-7-16(15)19(25)22(2)21-17/h4-7,14H,3,8-13H2,1-2H3,(H,20,24). The number of hydrogen-bond acceptors (Lipinski definition) is 4. The highest BCUT2D eigenvalue weighted by atomic mass is 16.2. The smallest absolute Gasteiger partial charge is 0.274 e. The molecule has 1 aliphatic rings. The van der Waals surface area contributed by atoms with Gasteiger partial charge >= 0.3 is 0 Å². The average Bonchev–Trinajstić information content (AvgIpc) is 2.61. The summed E-state index contributed by atoms with van der Waals surface area (Å²) < 4.78 is 1.31. The summed E-state index contributed by atoms with van der Waals surface area (Å²) in [5.74, 6) is -0.0229. The highest BCUT2D eigenvalue weighted by Crippen LogP contribution is 2.14. The van der Waals surface area contributed by atoms with Crippen molar-refractivity contribution in [1.82, 2.24) is 20.0 Å². The minimum atomic E-state index is -0.136. The van der Waals surface area contributed by atoms with Crippen LogP contribution in [0, 0.1) is 0 Å². The fourth-order valence-corrected chi connectivity index (χ4v) is 3.55. The number of aryl methyl sites for hydroxylation is 1. The summed E-state index contributed by atoms with van der Waals surface area (Å²) in [7, 11) is 1.62. The van der Waals surface area contributed by atoms with Crippen LogP contribution in [0.3, 0.4) is 0 Å². The normalized spacial score (nSPS) is 16.2. The number of carbonyl (C=O) groups is 1. The van der Waals surface area contributed by atoms with E-state index in [1.807, 2.05) is 18.2 Å². The van der Waals surface area contributed by atoms with E-state index in [4.69, 9.17) is 0 Å². The van der Waals surface area contributed by atoms with Crippen molar-refractivity contribution in [3.8, 4) is 0 Å². The zero-order valence-corrected chi connectivity index (χ0v) is 15.0. The van der Waals surface area contributed by atoms with Crippen molar-refractivity contribution < 1.29 is 4.79 Å². The van der Waals surface area contributed by atoms with E-state index in [9.17, 15) is 9.59 Å². The molecule has 0 saturated carbocycles. The summed E-state index contributed by atoms with van der Waals surface area (Å²) >= 11 is 0. The van der Waals surface area contributed by atoms with Crippen molar-refractivity contribution in [1.29, 1.82) is 0 Å². The second-order valence-corrected chi connectivity index (χ2v) is 6.78. The van der Waals surface area contributed by atoms with Gasteiger partial charge in [-0.15, -0.1) is 0 Å². The first-order chi connectivity index (χ1) is 12.1. The number of carbonyl (C=O) groups excluding carboxylic acids is 1. The third kappa shape index (κ3) is 4.07. The Bertz CT molecular complexity index is 807. The van der Waals surface area contributed by atoms with E-state index >= 15 is 0 Å². The maximum absolute atomic E-state index is 12.5. The topological polar surface area (TPSA) is 67.2 Å². The molecule has 134 valence electrons. The first-order valence-electron chi connectivity index (χ1n) is 9.05. The minimum Gasteiger partial charge on any atom is -0.353 e. The summed E-state index contributed by atoms with van der Waals surface area (Å²) in [5, 5.41) is 8.81. The molecule has 2 aromatic rings. The summed E-state index contributed by atoms with van der Waals surface area (Å²) in [6, 6.07) is 7.57. The fourth-order valence-electron chi connectivity index (χ4n) is 3.55. The van der Waals surface area contributed by atoms with Gasteiger partial charge in [-0.2, -0.15) is 5.10 Å². The molecule has 1 saturated heterocycles. The van der Waals surface area contributed by atoms with Crippen LogP contribution in [0.5, 0.6) is 0 Å². The van der Waals surface area contributed by atoms with Crippen molar-refractivity contribution in [3.05, 3.63) is 40.3 Å². The van der Waals surface area contributed by atoms with Gasteiger partial charge in [-0.3, -0.25) is 9.59 Å². The van der Waals surface area contributed by atoms with E-state index in [2.05, 4.69) is 22.2 Å². The maximum Gasteiger partial charge on any atom is 0.274 e. The first kappa shape index (κ1) is 17.6. The molecule has 1 aromatic heterocycles. The summed E-state index contributed by atoms with van der Waals surface area (Å²) in [4.78, 5) is 27.1. The largest absolute Gasteiger partial charge is 0.353 e. The zero-order chi connectivity index (χ0) is 17.8. The van der Waals surface area contributed by atoms with E-state index in [0.717, 1.165) is 37.9 Å². The molecule has 1 N–H and O–H groups in total. The minimum absolute atomic E-state index is 0.0229. The Balaban J connectivity index is 1.67. The van der Waals surface area contributed by atoms with Crippen LogP contribution in [0.1, 0.15) is 31.9 Å². The molecule has 0 atom stereocenters. The number of hydrogen-bond donors (Lipinski definition) is 1. The van der Waals surface area contributed by atoms with E-state index in [1.165, 1.54) is 11.1 Å². The molecule has 1 aliphatic heterocycles. The van der Waals surface area contributed by atoms with Crippen LogP contribution >= 0.6 is 0 Å². The predicted octanol–water partition coefficient (Wildman–Crippen LogP) is 1.47. The molecule has 3 rings (SSSR count). The molecule has 1 fully saturated rings. The van der Waals surface area contributed by atoms with Gasteiger partial charge in [-0.25, -0.2) is 4.68 Å². The Morgan fingerprint density at radius 1 is 1.24 bits per heavy atom. The van der Waals surface area contributed by atoms with Gasteiger partial charge in [0.2, 0.25) is 5.91 Å². The molecule has 1 aromatic carbocycles. The van der Waals surface area contributed by atoms with Gasteiger partial charge in [0.25, 0.3) is 5.56 Å². The lowest BCUT2D eigenvalue weighted by Gasteiger charge is -2.32. The van der Waals surface area contributed by atoms with Gasteiger partial charge in [-0.05, 0) is 31.9 Å². The molecule has 6 nitrogen and oxygen atoms in total. The van der Waals surface area contributed by atoms with Crippen LogP contribution in [0.4, 0.5) is 0 Å². The third-order valence-corrected chi connectivity index (χ3v) is 4.85. The number of benzene rings is 1. The number of nitrogens with one attached hydrogen (secondary N) is 1. The average molecular weight is 342 g/mol. The van der Waals surface area contributed by atoms with Crippen molar-refractivity contribution in [2.75, 3.05) is 19.6 Å². The number of fused-ring (bicyclic) bond motifs is 1. The fraction of sp³-hybridized carbons (Fsp3) is 0.526. The van der Waals surface area contributed by atoms with Crippen LogP contribution in [0.25, 0.3) is 10.8 Å². The monoisotopic (exact) mass is 342 g/mol. The van der Waals surface area contributed by atoms with Crippen LogP contribution in [-0.2, 0) is 18.3 Å². The summed E-state index contributed by atoms with van der Waals surface area (Å²) in [5.41, 5.74) is 0.515. The number of likely N-dealkylation sites (tertiary alicyclic amines) is 1. The van der Waals surface area contributed by atoms with Gasteiger partial charge in [0.15, 0.2) is 0 Å². The molecule has 2 heterocycles. The molecule has 0 bridgehead atoms. The van der Waals surface area contributed by atoms with Gasteiger partial charge < -0.3 is 10.2 Å². The van der Waals surface area contributed by atoms with E-state index in [0.29, 0.717) is 11.1 Å². The lowest BCUT2D eigenvalue weighted by molar-refractivity contribution is -0.121. The Labute approximate surface area is 147 Å². The quantitative estimate of drug-likeness (QED) is 0.893. The molecule has 1 amide bonds. The van der Waals surface area contributed by atoms with E-state index in [-0.39, 0.29) is 23.9 Å². The van der Waals surface area contributed by atoms with Gasteiger partial charge in [0.1, 0.15) is 0 Å². The highest BCUT2D eigenvalue weighted by Gasteiger charge is 2.21. The first-order valence-corrected chi connectivity index (χ1v) is 9.05. The van der Waals surface area contributed by atoms with Gasteiger partial charge in [0, 0.05) is 31.6 Å². The Kier molecular flexibility index (Phi) is 5.48. The van der Waals surface area contributed by atoms with Crippen molar-refractivity contribution >= 4 is 16.7 Å². The Morgan fingerprint density at radius 2 is 1.92 bits per heavy atom.